The van der Waals surface area contributed by atoms with Crippen molar-refractivity contribution in [1.82, 2.24) is 9.97 Å². The summed E-state index contributed by atoms with van der Waals surface area (Å²) in [5.41, 5.74) is 1.44. The van der Waals surface area contributed by atoms with E-state index in [1.807, 2.05) is 6.07 Å². The van der Waals surface area contributed by atoms with E-state index in [1.54, 1.807) is 24.4 Å². The average Bonchev–Trinajstić information content (AvgIpc) is 3.08. The van der Waals surface area contributed by atoms with E-state index in [-0.39, 0.29) is 11.3 Å². The third kappa shape index (κ3) is 3.02. The molecule has 0 saturated carbocycles. The molecule has 26 heavy (non-hydrogen) atoms. The number of rotatable bonds is 3. The van der Waals surface area contributed by atoms with Gasteiger partial charge in [-0.15, -0.1) is 0 Å². The van der Waals surface area contributed by atoms with Crippen LogP contribution in [0.15, 0.2) is 65.2 Å². The van der Waals surface area contributed by atoms with Crippen LogP contribution >= 0.6 is 0 Å². The van der Waals surface area contributed by atoms with Crippen molar-refractivity contribution in [1.29, 1.82) is 0 Å². The average molecular weight is 352 g/mol. The fourth-order valence-corrected chi connectivity index (χ4v) is 2.36. The Kier molecular flexibility index (Phi) is 3.89. The molecule has 0 unspecified atom stereocenters. The predicted molar refractivity (Wildman–Crippen MR) is 88.6 cm³/mol. The molecule has 0 fully saturated rings. The van der Waals surface area contributed by atoms with Crippen molar-refractivity contribution in [3.8, 4) is 17.3 Å². The smallest absolute Gasteiger partial charge is 0.343 e. The van der Waals surface area contributed by atoms with E-state index >= 15 is 0 Å². The molecule has 5 nitrogen and oxygen atoms in total. The molecule has 4 rings (SSSR count). The monoisotopic (exact) mass is 352 g/mol. The minimum absolute atomic E-state index is 0.101. The quantitative estimate of drug-likeness (QED) is 0.404. The van der Waals surface area contributed by atoms with Gasteiger partial charge in [0.05, 0.1) is 5.56 Å². The van der Waals surface area contributed by atoms with Gasteiger partial charge in [-0.25, -0.2) is 18.6 Å². The highest BCUT2D eigenvalue weighted by Crippen LogP contribution is 2.26. The zero-order valence-corrected chi connectivity index (χ0v) is 13.1. The maximum Gasteiger partial charge on any atom is 0.343 e. The Balaban J connectivity index is 1.61. The molecule has 2 aromatic heterocycles. The van der Waals surface area contributed by atoms with E-state index in [4.69, 9.17) is 9.15 Å². The van der Waals surface area contributed by atoms with Crippen molar-refractivity contribution < 1.29 is 22.7 Å². The third-order valence-electron chi connectivity index (χ3n) is 3.61. The molecule has 7 heteroatoms. The first-order valence-electron chi connectivity index (χ1n) is 7.59. The van der Waals surface area contributed by atoms with E-state index in [1.165, 1.54) is 12.1 Å². The minimum Gasteiger partial charge on any atom is -0.435 e. The summed E-state index contributed by atoms with van der Waals surface area (Å²) in [6.07, 6.45) is 1.62. The fraction of sp³-hybridized carbons (Fsp3) is 0. The highest BCUT2D eigenvalue weighted by Gasteiger charge is 2.14. The molecule has 0 spiro atoms. The second-order valence-corrected chi connectivity index (χ2v) is 5.38. The topological polar surface area (TPSA) is 65.2 Å². The number of carbonyl (C=O) groups is 1. The number of esters is 1. The van der Waals surface area contributed by atoms with Crippen molar-refractivity contribution in [2.45, 2.75) is 0 Å². The van der Waals surface area contributed by atoms with Gasteiger partial charge >= 0.3 is 5.97 Å². The summed E-state index contributed by atoms with van der Waals surface area (Å²) in [7, 11) is 0. The number of hydrogen-bond acceptors (Lipinski definition) is 5. The first-order valence-corrected chi connectivity index (χ1v) is 7.59. The lowest BCUT2D eigenvalue weighted by atomic mass is 10.2. The molecule has 2 aromatic carbocycles. The highest BCUT2D eigenvalue weighted by molar-refractivity contribution is 5.91. The van der Waals surface area contributed by atoms with Gasteiger partial charge in [-0.3, -0.25) is 4.98 Å². The number of hydrogen-bond donors (Lipinski definition) is 0. The Morgan fingerprint density at radius 3 is 2.65 bits per heavy atom. The van der Waals surface area contributed by atoms with Crippen molar-refractivity contribution in [3.63, 3.8) is 0 Å². The summed E-state index contributed by atoms with van der Waals surface area (Å²) in [5.74, 6) is -2.44. The molecular formula is C19H10F2N2O3. The zero-order valence-electron chi connectivity index (χ0n) is 13.1. The van der Waals surface area contributed by atoms with Gasteiger partial charge in [0, 0.05) is 12.3 Å². The largest absolute Gasteiger partial charge is 0.435 e. The van der Waals surface area contributed by atoms with Crippen LogP contribution in [-0.2, 0) is 0 Å². The van der Waals surface area contributed by atoms with E-state index in [2.05, 4.69) is 9.97 Å². The number of pyridine rings is 1. The first-order chi connectivity index (χ1) is 12.6. The first kappa shape index (κ1) is 15.9. The summed E-state index contributed by atoms with van der Waals surface area (Å²) in [5, 5.41) is 0. The van der Waals surface area contributed by atoms with E-state index < -0.39 is 17.6 Å². The van der Waals surface area contributed by atoms with Crippen LogP contribution in [0.2, 0.25) is 0 Å². The number of ether oxygens (including phenoxy) is 1. The maximum absolute atomic E-state index is 13.2. The number of aromatic nitrogens is 2. The van der Waals surface area contributed by atoms with Crippen LogP contribution < -0.4 is 4.74 Å². The normalized spacial score (nSPS) is 10.8. The van der Waals surface area contributed by atoms with Crippen LogP contribution in [-0.4, -0.2) is 15.9 Å². The predicted octanol–water partition coefficient (Wildman–Crippen LogP) is 4.39. The molecular weight excluding hydrogens is 342 g/mol. The van der Waals surface area contributed by atoms with Gasteiger partial charge in [0.25, 0.3) is 0 Å². The molecule has 0 atom stereocenters. The van der Waals surface area contributed by atoms with Gasteiger partial charge < -0.3 is 9.15 Å². The van der Waals surface area contributed by atoms with E-state index in [0.29, 0.717) is 22.7 Å². The van der Waals surface area contributed by atoms with Crippen LogP contribution in [0, 0.1) is 11.6 Å². The van der Waals surface area contributed by atoms with E-state index in [0.717, 1.165) is 18.2 Å². The second-order valence-electron chi connectivity index (χ2n) is 5.38. The molecule has 0 aliphatic rings. The number of fused-ring (bicyclic) bond motifs is 1. The Morgan fingerprint density at radius 1 is 1.00 bits per heavy atom. The second kappa shape index (κ2) is 6.36. The molecule has 0 bridgehead atoms. The van der Waals surface area contributed by atoms with Crippen LogP contribution in [0.25, 0.3) is 22.7 Å². The minimum atomic E-state index is -1.12. The van der Waals surface area contributed by atoms with Gasteiger partial charge in [-0.1, -0.05) is 6.07 Å². The van der Waals surface area contributed by atoms with Gasteiger partial charge in [0.15, 0.2) is 17.2 Å². The van der Waals surface area contributed by atoms with Gasteiger partial charge in [0.1, 0.15) is 17.0 Å². The molecule has 0 saturated heterocycles. The van der Waals surface area contributed by atoms with Gasteiger partial charge in [0.2, 0.25) is 5.89 Å². The molecule has 128 valence electrons. The molecule has 0 N–H and O–H groups in total. The van der Waals surface area contributed by atoms with Gasteiger partial charge in [-0.05, 0) is 42.5 Å². The van der Waals surface area contributed by atoms with Crippen molar-refractivity contribution in [2.24, 2.45) is 0 Å². The summed E-state index contributed by atoms with van der Waals surface area (Å²) in [6, 6.07) is 12.8. The van der Waals surface area contributed by atoms with Crippen molar-refractivity contribution >= 4 is 17.1 Å². The fourth-order valence-electron chi connectivity index (χ4n) is 2.36. The molecule has 0 amide bonds. The Bertz CT molecular complexity index is 1110. The van der Waals surface area contributed by atoms with Crippen LogP contribution in [0.3, 0.4) is 0 Å². The lowest BCUT2D eigenvalue weighted by molar-refractivity contribution is 0.0734. The van der Waals surface area contributed by atoms with Crippen molar-refractivity contribution in [3.05, 3.63) is 78.0 Å². The number of nitrogens with zero attached hydrogens (tertiary/aromatic N) is 2. The Morgan fingerprint density at radius 2 is 1.88 bits per heavy atom. The van der Waals surface area contributed by atoms with Crippen LogP contribution in [0.1, 0.15) is 10.4 Å². The summed E-state index contributed by atoms with van der Waals surface area (Å²) < 4.78 is 37.0. The molecule has 0 radical (unpaired) electrons. The molecule has 0 aliphatic heterocycles. The lowest BCUT2D eigenvalue weighted by Gasteiger charge is -2.04. The summed E-state index contributed by atoms with van der Waals surface area (Å²) >= 11 is 0. The van der Waals surface area contributed by atoms with Gasteiger partial charge in [-0.2, -0.15) is 0 Å². The molecule has 4 aromatic rings. The summed E-state index contributed by atoms with van der Waals surface area (Å²) in [4.78, 5) is 20.6. The van der Waals surface area contributed by atoms with Crippen LogP contribution in [0.4, 0.5) is 8.78 Å². The zero-order chi connectivity index (χ0) is 18.1. The number of carbonyl (C=O) groups excluding carboxylic acids is 1. The van der Waals surface area contributed by atoms with E-state index in [9.17, 15) is 13.6 Å². The number of halogens is 2. The Hall–Kier alpha value is -3.61. The summed E-state index contributed by atoms with van der Waals surface area (Å²) in [6.45, 7) is 0. The Labute approximate surface area is 145 Å². The number of oxazole rings is 1. The molecule has 0 aliphatic carbocycles. The van der Waals surface area contributed by atoms with Crippen molar-refractivity contribution in [2.75, 3.05) is 0 Å². The SMILES string of the molecule is O=C(Oc1ccc2nc(-c3ccccn3)oc2c1)c1ccc(F)c(F)c1. The van der Waals surface area contributed by atoms with Crippen LogP contribution in [0.5, 0.6) is 5.75 Å². The lowest BCUT2D eigenvalue weighted by Crippen LogP contribution is -2.09. The standard InChI is InChI=1S/C19H10F2N2O3/c20-13-6-4-11(9-14(13)21)19(24)25-12-5-7-15-17(10-12)26-18(23-15)16-3-1-2-8-22-16/h1-10H. The number of benzene rings is 2. The molecule has 2 heterocycles. The maximum atomic E-state index is 13.2. The third-order valence-corrected chi connectivity index (χ3v) is 3.61. The highest BCUT2D eigenvalue weighted by atomic mass is 19.2.